The molecule has 1 unspecified atom stereocenters. The van der Waals surface area contributed by atoms with Gasteiger partial charge in [-0.1, -0.05) is 19.9 Å². The molecule has 0 fully saturated rings. The lowest BCUT2D eigenvalue weighted by molar-refractivity contribution is -0.121. The predicted octanol–water partition coefficient (Wildman–Crippen LogP) is 2.27. The summed E-state index contributed by atoms with van der Waals surface area (Å²) in [5, 5.41) is 11.7. The molecule has 0 aliphatic carbocycles. The number of rotatable bonds is 6. The summed E-state index contributed by atoms with van der Waals surface area (Å²) in [5.41, 5.74) is 0.839. The molecular weight excluding hydrogens is 226 g/mol. The molecule has 1 heterocycles. The van der Waals surface area contributed by atoms with Crippen molar-refractivity contribution in [2.45, 2.75) is 33.2 Å². The standard InChI is InChI=1S/C14H19N3O/c1-11(2)12(9-15)6-7-14(18)17-10-13-5-3-4-8-16-13/h3-5,8,11-12H,6-7,10H2,1-2H3,(H,17,18). The fourth-order valence-corrected chi connectivity index (χ4v) is 1.61. The first-order valence-corrected chi connectivity index (χ1v) is 6.19. The molecule has 1 amide bonds. The number of pyridine rings is 1. The van der Waals surface area contributed by atoms with Gasteiger partial charge < -0.3 is 5.32 Å². The molecule has 0 aliphatic heterocycles. The van der Waals surface area contributed by atoms with Crippen LogP contribution in [-0.2, 0) is 11.3 Å². The van der Waals surface area contributed by atoms with Crippen LogP contribution in [0.1, 0.15) is 32.4 Å². The Labute approximate surface area is 108 Å². The van der Waals surface area contributed by atoms with E-state index < -0.39 is 0 Å². The molecule has 4 heteroatoms. The van der Waals surface area contributed by atoms with Gasteiger partial charge in [0, 0.05) is 18.5 Å². The van der Waals surface area contributed by atoms with E-state index >= 15 is 0 Å². The molecule has 0 spiro atoms. The number of nitriles is 1. The molecular formula is C14H19N3O. The van der Waals surface area contributed by atoms with Crippen LogP contribution in [0.5, 0.6) is 0 Å². The Morgan fingerprint density at radius 1 is 1.50 bits per heavy atom. The van der Waals surface area contributed by atoms with Crippen molar-refractivity contribution in [2.75, 3.05) is 0 Å². The van der Waals surface area contributed by atoms with Crippen molar-refractivity contribution in [3.8, 4) is 6.07 Å². The van der Waals surface area contributed by atoms with Crippen LogP contribution in [0.2, 0.25) is 0 Å². The number of aromatic nitrogens is 1. The maximum atomic E-state index is 11.6. The zero-order valence-electron chi connectivity index (χ0n) is 10.9. The third-order valence-electron chi connectivity index (χ3n) is 2.85. The van der Waals surface area contributed by atoms with E-state index in [1.54, 1.807) is 6.20 Å². The highest BCUT2D eigenvalue weighted by Gasteiger charge is 2.14. The van der Waals surface area contributed by atoms with Gasteiger partial charge in [0.25, 0.3) is 0 Å². The summed E-state index contributed by atoms with van der Waals surface area (Å²) in [5.74, 6) is 0.214. The Morgan fingerprint density at radius 3 is 2.83 bits per heavy atom. The van der Waals surface area contributed by atoms with Gasteiger partial charge in [-0.25, -0.2) is 0 Å². The van der Waals surface area contributed by atoms with Gasteiger partial charge in [-0.2, -0.15) is 5.26 Å². The average Bonchev–Trinajstić information content (AvgIpc) is 2.38. The Bertz CT molecular complexity index is 409. The molecule has 0 saturated carbocycles. The molecule has 0 radical (unpaired) electrons. The maximum Gasteiger partial charge on any atom is 0.220 e. The van der Waals surface area contributed by atoms with Crippen molar-refractivity contribution in [3.05, 3.63) is 30.1 Å². The smallest absolute Gasteiger partial charge is 0.220 e. The highest BCUT2D eigenvalue weighted by Crippen LogP contribution is 2.15. The zero-order valence-corrected chi connectivity index (χ0v) is 10.9. The first-order valence-electron chi connectivity index (χ1n) is 6.19. The van der Waals surface area contributed by atoms with E-state index in [0.29, 0.717) is 25.3 Å². The van der Waals surface area contributed by atoms with Gasteiger partial charge in [0.2, 0.25) is 5.91 Å². The number of amides is 1. The Balaban J connectivity index is 2.28. The van der Waals surface area contributed by atoms with E-state index in [2.05, 4.69) is 16.4 Å². The highest BCUT2D eigenvalue weighted by molar-refractivity contribution is 5.75. The maximum absolute atomic E-state index is 11.6. The van der Waals surface area contributed by atoms with Crippen molar-refractivity contribution >= 4 is 5.91 Å². The summed E-state index contributed by atoms with van der Waals surface area (Å²) in [6.45, 7) is 4.44. The van der Waals surface area contributed by atoms with Crippen LogP contribution < -0.4 is 5.32 Å². The molecule has 0 bridgehead atoms. The van der Waals surface area contributed by atoms with E-state index in [9.17, 15) is 4.79 Å². The molecule has 96 valence electrons. The fraction of sp³-hybridized carbons (Fsp3) is 0.500. The van der Waals surface area contributed by atoms with E-state index in [0.717, 1.165) is 5.69 Å². The van der Waals surface area contributed by atoms with Gasteiger partial charge in [-0.05, 0) is 24.5 Å². The van der Waals surface area contributed by atoms with Crippen LogP contribution in [0.3, 0.4) is 0 Å². The number of carbonyl (C=O) groups is 1. The molecule has 18 heavy (non-hydrogen) atoms. The van der Waals surface area contributed by atoms with Crippen molar-refractivity contribution in [3.63, 3.8) is 0 Å². The zero-order chi connectivity index (χ0) is 13.4. The second kappa shape index (κ2) is 7.44. The summed E-state index contributed by atoms with van der Waals surface area (Å²) >= 11 is 0. The second-order valence-corrected chi connectivity index (χ2v) is 4.62. The van der Waals surface area contributed by atoms with Crippen LogP contribution in [0.25, 0.3) is 0 Å². The number of hydrogen-bond acceptors (Lipinski definition) is 3. The summed E-state index contributed by atoms with van der Waals surface area (Å²) in [6, 6.07) is 7.83. The van der Waals surface area contributed by atoms with Gasteiger partial charge in [-0.15, -0.1) is 0 Å². The summed E-state index contributed by atoms with van der Waals surface area (Å²) < 4.78 is 0. The number of hydrogen-bond donors (Lipinski definition) is 1. The molecule has 1 atom stereocenters. The van der Waals surface area contributed by atoms with Crippen LogP contribution >= 0.6 is 0 Å². The largest absolute Gasteiger partial charge is 0.350 e. The first kappa shape index (κ1) is 14.2. The van der Waals surface area contributed by atoms with E-state index in [1.165, 1.54) is 0 Å². The lowest BCUT2D eigenvalue weighted by atomic mass is 9.92. The minimum Gasteiger partial charge on any atom is -0.350 e. The van der Waals surface area contributed by atoms with Gasteiger partial charge >= 0.3 is 0 Å². The van der Waals surface area contributed by atoms with E-state index in [-0.39, 0.29) is 11.8 Å². The van der Waals surface area contributed by atoms with Crippen molar-refractivity contribution in [1.82, 2.24) is 10.3 Å². The minimum atomic E-state index is -0.0504. The third-order valence-corrected chi connectivity index (χ3v) is 2.85. The molecule has 0 saturated heterocycles. The molecule has 1 aromatic rings. The molecule has 1 aromatic heterocycles. The monoisotopic (exact) mass is 245 g/mol. The van der Waals surface area contributed by atoms with Crippen LogP contribution in [0, 0.1) is 23.2 Å². The summed E-state index contributed by atoms with van der Waals surface area (Å²) in [7, 11) is 0. The van der Waals surface area contributed by atoms with Gasteiger partial charge in [0.15, 0.2) is 0 Å². The summed E-state index contributed by atoms with van der Waals surface area (Å²) in [4.78, 5) is 15.7. The first-order chi connectivity index (χ1) is 8.63. The van der Waals surface area contributed by atoms with Crippen molar-refractivity contribution in [1.29, 1.82) is 5.26 Å². The Morgan fingerprint density at radius 2 is 2.28 bits per heavy atom. The predicted molar refractivity (Wildman–Crippen MR) is 69.3 cm³/mol. The third kappa shape index (κ3) is 4.96. The van der Waals surface area contributed by atoms with Crippen LogP contribution in [0.15, 0.2) is 24.4 Å². The van der Waals surface area contributed by atoms with Gasteiger partial charge in [-0.3, -0.25) is 9.78 Å². The fourth-order valence-electron chi connectivity index (χ4n) is 1.61. The lowest BCUT2D eigenvalue weighted by Gasteiger charge is -2.12. The highest BCUT2D eigenvalue weighted by atomic mass is 16.1. The molecule has 1 N–H and O–H groups in total. The Kier molecular flexibility index (Phi) is 5.86. The number of carbonyl (C=O) groups excluding carboxylic acids is 1. The summed E-state index contributed by atoms with van der Waals surface area (Å²) in [6.07, 6.45) is 2.71. The van der Waals surface area contributed by atoms with E-state index in [1.807, 2.05) is 32.0 Å². The second-order valence-electron chi connectivity index (χ2n) is 4.62. The van der Waals surface area contributed by atoms with Crippen molar-refractivity contribution < 1.29 is 4.79 Å². The number of nitrogens with one attached hydrogen (secondary N) is 1. The molecule has 0 aliphatic rings. The molecule has 4 nitrogen and oxygen atoms in total. The van der Waals surface area contributed by atoms with Crippen LogP contribution in [-0.4, -0.2) is 10.9 Å². The average molecular weight is 245 g/mol. The molecule has 0 aromatic carbocycles. The van der Waals surface area contributed by atoms with E-state index in [4.69, 9.17) is 5.26 Å². The SMILES string of the molecule is CC(C)C(C#N)CCC(=O)NCc1ccccn1. The molecule has 1 rings (SSSR count). The minimum absolute atomic E-state index is 0.0263. The normalized spacial score (nSPS) is 11.9. The van der Waals surface area contributed by atoms with Crippen molar-refractivity contribution in [2.24, 2.45) is 11.8 Å². The van der Waals surface area contributed by atoms with Crippen LogP contribution in [0.4, 0.5) is 0 Å². The topological polar surface area (TPSA) is 65.8 Å². The number of nitrogens with zero attached hydrogens (tertiary/aromatic N) is 2. The lowest BCUT2D eigenvalue weighted by Crippen LogP contribution is -2.24. The van der Waals surface area contributed by atoms with Gasteiger partial charge in [0.1, 0.15) is 0 Å². The Hall–Kier alpha value is -1.89. The quantitative estimate of drug-likeness (QED) is 0.836. The van der Waals surface area contributed by atoms with Gasteiger partial charge in [0.05, 0.1) is 18.3 Å².